The van der Waals surface area contributed by atoms with Gasteiger partial charge < -0.3 is 20.1 Å². The van der Waals surface area contributed by atoms with Gasteiger partial charge in [0.25, 0.3) is 0 Å². The summed E-state index contributed by atoms with van der Waals surface area (Å²) < 4.78 is 10.5. The Morgan fingerprint density at radius 1 is 1.67 bits per heavy atom. The highest BCUT2D eigenvalue weighted by Crippen LogP contribution is 2.06. The van der Waals surface area contributed by atoms with Crippen LogP contribution in [0, 0.1) is 0 Å². The number of amides is 1. The molecule has 1 aliphatic rings. The molecular weight excluding hydrogens is 196 g/mol. The third-order valence-corrected chi connectivity index (χ3v) is 2.40. The van der Waals surface area contributed by atoms with Crippen molar-refractivity contribution in [1.29, 1.82) is 0 Å². The van der Waals surface area contributed by atoms with Gasteiger partial charge in [-0.2, -0.15) is 0 Å². The molecule has 2 N–H and O–H groups in total. The molecule has 88 valence electrons. The van der Waals surface area contributed by atoms with Crippen molar-refractivity contribution in [3.63, 3.8) is 0 Å². The third-order valence-electron chi connectivity index (χ3n) is 2.40. The minimum atomic E-state index is -0.00482. The minimum absolute atomic E-state index is 0.00482. The molecule has 1 fully saturated rings. The highest BCUT2D eigenvalue weighted by Gasteiger charge is 2.24. The summed E-state index contributed by atoms with van der Waals surface area (Å²) in [4.78, 5) is 13.2. The zero-order valence-corrected chi connectivity index (χ0v) is 9.28. The second-order valence-corrected chi connectivity index (χ2v) is 3.56. The SMILES string of the molecule is CCOCCCN1CC(CN)OCC1=O. The Balaban J connectivity index is 2.22. The fourth-order valence-corrected chi connectivity index (χ4v) is 1.54. The molecule has 5 nitrogen and oxygen atoms in total. The third kappa shape index (κ3) is 4.15. The van der Waals surface area contributed by atoms with Crippen LogP contribution in [0.2, 0.25) is 0 Å². The Labute approximate surface area is 90.5 Å². The van der Waals surface area contributed by atoms with Crippen LogP contribution >= 0.6 is 0 Å². The summed E-state index contributed by atoms with van der Waals surface area (Å²) >= 11 is 0. The number of rotatable bonds is 6. The van der Waals surface area contributed by atoms with Crippen LogP contribution in [0.25, 0.3) is 0 Å². The molecule has 0 radical (unpaired) electrons. The average Bonchev–Trinajstić information content (AvgIpc) is 2.26. The number of hydrogen-bond acceptors (Lipinski definition) is 4. The maximum atomic E-state index is 11.4. The summed E-state index contributed by atoms with van der Waals surface area (Å²) in [6.07, 6.45) is 0.867. The van der Waals surface area contributed by atoms with Crippen molar-refractivity contribution in [3.05, 3.63) is 0 Å². The van der Waals surface area contributed by atoms with E-state index < -0.39 is 0 Å². The summed E-state index contributed by atoms with van der Waals surface area (Å²) in [5.41, 5.74) is 5.50. The topological polar surface area (TPSA) is 64.8 Å². The molecule has 1 atom stereocenters. The van der Waals surface area contributed by atoms with Gasteiger partial charge in [0, 0.05) is 32.8 Å². The Morgan fingerprint density at radius 2 is 2.47 bits per heavy atom. The summed E-state index contributed by atoms with van der Waals surface area (Å²) in [7, 11) is 0. The van der Waals surface area contributed by atoms with Crippen molar-refractivity contribution in [2.75, 3.05) is 39.5 Å². The van der Waals surface area contributed by atoms with E-state index in [1.54, 1.807) is 4.90 Å². The van der Waals surface area contributed by atoms with Crippen LogP contribution in [0.15, 0.2) is 0 Å². The number of nitrogens with zero attached hydrogens (tertiary/aromatic N) is 1. The van der Waals surface area contributed by atoms with Crippen LogP contribution in [0.4, 0.5) is 0 Å². The summed E-state index contributed by atoms with van der Waals surface area (Å²) in [6.45, 7) is 5.37. The molecule has 0 saturated carbocycles. The first-order chi connectivity index (χ1) is 7.27. The van der Waals surface area contributed by atoms with E-state index in [0.717, 1.165) is 19.6 Å². The van der Waals surface area contributed by atoms with E-state index in [0.29, 0.717) is 19.7 Å². The van der Waals surface area contributed by atoms with Gasteiger partial charge in [-0.1, -0.05) is 0 Å². The van der Waals surface area contributed by atoms with Gasteiger partial charge in [0.15, 0.2) is 0 Å². The Kier molecular flexibility index (Phi) is 5.60. The molecule has 1 heterocycles. The van der Waals surface area contributed by atoms with E-state index in [-0.39, 0.29) is 18.6 Å². The molecule has 0 aromatic rings. The Morgan fingerprint density at radius 3 is 3.13 bits per heavy atom. The van der Waals surface area contributed by atoms with Crippen LogP contribution in [0.5, 0.6) is 0 Å². The molecule has 1 aliphatic heterocycles. The van der Waals surface area contributed by atoms with Gasteiger partial charge in [-0.25, -0.2) is 0 Å². The van der Waals surface area contributed by atoms with Crippen LogP contribution in [0.1, 0.15) is 13.3 Å². The lowest BCUT2D eigenvalue weighted by Gasteiger charge is -2.32. The van der Waals surface area contributed by atoms with E-state index in [4.69, 9.17) is 15.2 Å². The van der Waals surface area contributed by atoms with E-state index in [1.165, 1.54) is 0 Å². The van der Waals surface area contributed by atoms with Gasteiger partial charge in [0.1, 0.15) is 6.61 Å². The van der Waals surface area contributed by atoms with Gasteiger partial charge in [0.05, 0.1) is 6.10 Å². The van der Waals surface area contributed by atoms with E-state index in [9.17, 15) is 4.79 Å². The molecule has 15 heavy (non-hydrogen) atoms. The number of carbonyl (C=O) groups excluding carboxylic acids is 1. The molecular formula is C10H20N2O3. The van der Waals surface area contributed by atoms with Crippen molar-refractivity contribution >= 4 is 5.91 Å². The van der Waals surface area contributed by atoms with Gasteiger partial charge >= 0.3 is 0 Å². The summed E-state index contributed by atoms with van der Waals surface area (Å²) in [5.74, 6) is 0.0520. The lowest BCUT2D eigenvalue weighted by atomic mass is 10.2. The van der Waals surface area contributed by atoms with Crippen molar-refractivity contribution in [2.24, 2.45) is 5.73 Å². The minimum Gasteiger partial charge on any atom is -0.382 e. The quantitative estimate of drug-likeness (QED) is 0.614. The fraction of sp³-hybridized carbons (Fsp3) is 0.900. The lowest BCUT2D eigenvalue weighted by Crippen LogP contribution is -2.49. The van der Waals surface area contributed by atoms with Crippen LogP contribution in [-0.2, 0) is 14.3 Å². The van der Waals surface area contributed by atoms with Gasteiger partial charge in [0.2, 0.25) is 5.91 Å². The predicted octanol–water partition coefficient (Wildman–Crippen LogP) is -0.401. The van der Waals surface area contributed by atoms with Crippen LogP contribution in [0.3, 0.4) is 0 Å². The summed E-state index contributed by atoms with van der Waals surface area (Å²) in [5, 5.41) is 0. The molecule has 1 amide bonds. The maximum Gasteiger partial charge on any atom is 0.248 e. The second kappa shape index (κ2) is 6.76. The van der Waals surface area contributed by atoms with Gasteiger partial charge in [-0.3, -0.25) is 4.79 Å². The number of hydrogen-bond donors (Lipinski definition) is 1. The zero-order chi connectivity index (χ0) is 11.1. The van der Waals surface area contributed by atoms with Crippen molar-refractivity contribution in [2.45, 2.75) is 19.4 Å². The van der Waals surface area contributed by atoms with Gasteiger partial charge in [-0.15, -0.1) is 0 Å². The average molecular weight is 216 g/mol. The van der Waals surface area contributed by atoms with Crippen LogP contribution in [-0.4, -0.2) is 56.4 Å². The number of morpholine rings is 1. The first-order valence-electron chi connectivity index (χ1n) is 5.45. The first-order valence-corrected chi connectivity index (χ1v) is 5.45. The van der Waals surface area contributed by atoms with E-state index in [1.807, 2.05) is 6.92 Å². The van der Waals surface area contributed by atoms with E-state index in [2.05, 4.69) is 0 Å². The molecule has 0 spiro atoms. The van der Waals surface area contributed by atoms with Crippen molar-refractivity contribution < 1.29 is 14.3 Å². The Bertz CT molecular complexity index is 199. The molecule has 0 bridgehead atoms. The van der Waals surface area contributed by atoms with Crippen molar-refractivity contribution in [3.8, 4) is 0 Å². The first kappa shape index (κ1) is 12.4. The highest BCUT2D eigenvalue weighted by atomic mass is 16.5. The van der Waals surface area contributed by atoms with E-state index >= 15 is 0 Å². The normalized spacial score (nSPS) is 22.1. The lowest BCUT2D eigenvalue weighted by molar-refractivity contribution is -0.148. The molecule has 5 heteroatoms. The monoisotopic (exact) mass is 216 g/mol. The fourth-order valence-electron chi connectivity index (χ4n) is 1.54. The molecule has 1 rings (SSSR count). The molecule has 0 aromatic carbocycles. The molecule has 0 aliphatic carbocycles. The standard InChI is InChI=1S/C10H20N2O3/c1-2-14-5-3-4-12-7-9(6-11)15-8-10(12)13/h9H,2-8,11H2,1H3. The summed E-state index contributed by atoms with van der Waals surface area (Å²) in [6, 6.07) is 0. The predicted molar refractivity (Wildman–Crippen MR) is 56.5 cm³/mol. The second-order valence-electron chi connectivity index (χ2n) is 3.56. The van der Waals surface area contributed by atoms with Crippen molar-refractivity contribution in [1.82, 2.24) is 4.90 Å². The molecule has 1 saturated heterocycles. The maximum absolute atomic E-state index is 11.4. The van der Waals surface area contributed by atoms with Crippen LogP contribution < -0.4 is 5.73 Å². The molecule has 0 aromatic heterocycles. The zero-order valence-electron chi connectivity index (χ0n) is 9.28. The molecule has 1 unspecified atom stereocenters. The smallest absolute Gasteiger partial charge is 0.248 e. The Hall–Kier alpha value is -0.650. The largest absolute Gasteiger partial charge is 0.382 e. The number of ether oxygens (including phenoxy) is 2. The van der Waals surface area contributed by atoms with Gasteiger partial charge in [-0.05, 0) is 13.3 Å². The highest BCUT2D eigenvalue weighted by molar-refractivity contribution is 5.78. The number of nitrogens with two attached hydrogens (primary N) is 1. The number of carbonyl (C=O) groups is 1.